The first-order chi connectivity index (χ1) is 22.3. The molecule has 47 heavy (non-hydrogen) atoms. The van der Waals surface area contributed by atoms with Gasteiger partial charge in [0.15, 0.2) is 17.9 Å². The summed E-state index contributed by atoms with van der Waals surface area (Å²) in [6.07, 6.45) is 3.13. The molecule has 4 aromatic rings. The SMILES string of the molecule is COc1ccc(C(=O)N2CCc3cc(C(=O)CC[C@H](O)CN4CCc5c(ccc(OCc6ocnc6C)c5C)C4)ccc3C2)cc1.S. The van der Waals surface area contributed by atoms with Gasteiger partial charge in [-0.15, -0.1) is 0 Å². The number of ketones is 1. The average Bonchev–Trinajstić information content (AvgIpc) is 3.50. The summed E-state index contributed by atoms with van der Waals surface area (Å²) < 4.78 is 16.6. The van der Waals surface area contributed by atoms with Crippen LogP contribution in [0.1, 0.15) is 72.8 Å². The number of ether oxygens (including phenoxy) is 2. The van der Waals surface area contributed by atoms with Gasteiger partial charge in [-0.25, -0.2) is 4.98 Å². The van der Waals surface area contributed by atoms with Gasteiger partial charge in [0.1, 0.15) is 18.1 Å². The molecule has 3 heterocycles. The first-order valence-corrected chi connectivity index (χ1v) is 15.9. The fourth-order valence-corrected chi connectivity index (χ4v) is 6.45. The molecule has 6 rings (SSSR count). The molecule has 0 aliphatic carbocycles. The molecule has 0 saturated heterocycles. The topological polar surface area (TPSA) is 105 Å². The standard InChI is InChI=1S/C37H41N3O6.H2S/c1-24-33-15-16-39(19-30(33)8-13-35(24)45-22-36-25(2)38-23-46-36)21-31(41)9-12-34(42)28-4-5-29-20-40(17-14-27(29)18-28)37(43)26-6-10-32(44-3)11-7-26;/h4-8,10-11,13,18,23,31,41H,9,12,14-17,19-22H2,1-3H3;1H2/t31-;/m0./s1. The molecular formula is C37H43N3O6S. The van der Waals surface area contributed by atoms with Crippen LogP contribution in [0.5, 0.6) is 11.5 Å². The highest BCUT2D eigenvalue weighted by atomic mass is 32.1. The first kappa shape index (κ1) is 34.2. The van der Waals surface area contributed by atoms with Crippen LogP contribution in [-0.2, 0) is 32.5 Å². The number of hydrogen-bond donors (Lipinski definition) is 1. The summed E-state index contributed by atoms with van der Waals surface area (Å²) in [5, 5.41) is 10.9. The van der Waals surface area contributed by atoms with Crippen LogP contribution in [0.4, 0.5) is 0 Å². The number of nitrogens with zero attached hydrogens (tertiary/aromatic N) is 3. The van der Waals surface area contributed by atoms with Crippen molar-refractivity contribution in [2.75, 3.05) is 26.7 Å². The highest BCUT2D eigenvalue weighted by Crippen LogP contribution is 2.30. The summed E-state index contributed by atoms with van der Waals surface area (Å²) in [6.45, 7) is 7.58. The number of rotatable bonds is 11. The van der Waals surface area contributed by atoms with Gasteiger partial charge in [0.25, 0.3) is 5.91 Å². The average molecular weight is 658 g/mol. The van der Waals surface area contributed by atoms with Crippen molar-refractivity contribution in [1.82, 2.24) is 14.8 Å². The predicted molar refractivity (Wildman–Crippen MR) is 184 cm³/mol. The van der Waals surface area contributed by atoms with Crippen molar-refractivity contribution < 1.29 is 28.6 Å². The van der Waals surface area contributed by atoms with Gasteiger partial charge in [-0.2, -0.15) is 13.5 Å². The molecule has 248 valence electrons. The summed E-state index contributed by atoms with van der Waals surface area (Å²) in [4.78, 5) is 34.3. The van der Waals surface area contributed by atoms with E-state index in [0.29, 0.717) is 56.0 Å². The fraction of sp³-hybridized carbons (Fsp3) is 0.378. The van der Waals surface area contributed by atoms with Crippen LogP contribution in [0, 0.1) is 13.8 Å². The Morgan fingerprint density at radius 3 is 2.47 bits per heavy atom. The summed E-state index contributed by atoms with van der Waals surface area (Å²) in [5.41, 5.74) is 7.99. The molecule has 0 spiro atoms. The van der Waals surface area contributed by atoms with E-state index in [2.05, 4.69) is 22.9 Å². The minimum atomic E-state index is -0.588. The number of aliphatic hydroxyl groups excluding tert-OH is 1. The number of benzene rings is 3. The van der Waals surface area contributed by atoms with Gasteiger partial charge < -0.3 is 23.9 Å². The second-order valence-electron chi connectivity index (χ2n) is 12.3. The summed E-state index contributed by atoms with van der Waals surface area (Å²) in [5.74, 6) is 2.32. The molecule has 1 amide bonds. The Morgan fingerprint density at radius 2 is 1.72 bits per heavy atom. The maximum Gasteiger partial charge on any atom is 0.254 e. The highest BCUT2D eigenvalue weighted by Gasteiger charge is 2.24. The quantitative estimate of drug-likeness (QED) is 0.209. The zero-order chi connectivity index (χ0) is 32.2. The molecule has 9 nitrogen and oxygen atoms in total. The van der Waals surface area contributed by atoms with Crippen LogP contribution >= 0.6 is 13.5 Å². The van der Waals surface area contributed by atoms with Gasteiger partial charge in [-0.3, -0.25) is 14.5 Å². The Bertz CT molecular complexity index is 1720. The molecule has 0 bridgehead atoms. The molecule has 2 aliphatic rings. The van der Waals surface area contributed by atoms with Gasteiger partial charge in [-0.05, 0) is 97.3 Å². The van der Waals surface area contributed by atoms with Crippen molar-refractivity contribution in [3.05, 3.63) is 111 Å². The number of Topliss-reactive ketones (excluding diaryl/α,β-unsaturated/α-hetero) is 1. The number of carbonyl (C=O) groups excluding carboxylic acids is 2. The van der Waals surface area contributed by atoms with Crippen molar-refractivity contribution in [3.8, 4) is 11.5 Å². The van der Waals surface area contributed by atoms with E-state index in [9.17, 15) is 14.7 Å². The zero-order valence-corrected chi connectivity index (χ0v) is 28.3. The van der Waals surface area contributed by atoms with E-state index in [4.69, 9.17) is 13.9 Å². The van der Waals surface area contributed by atoms with E-state index < -0.39 is 6.10 Å². The number of fused-ring (bicyclic) bond motifs is 2. The monoisotopic (exact) mass is 657 g/mol. The highest BCUT2D eigenvalue weighted by molar-refractivity contribution is 7.59. The maximum atomic E-state index is 13.1. The molecule has 10 heteroatoms. The van der Waals surface area contributed by atoms with E-state index in [1.807, 2.05) is 36.1 Å². The summed E-state index contributed by atoms with van der Waals surface area (Å²) >= 11 is 0. The number of aryl methyl sites for hydroxylation is 1. The van der Waals surface area contributed by atoms with Crippen molar-refractivity contribution >= 4 is 25.2 Å². The van der Waals surface area contributed by atoms with Crippen molar-refractivity contribution in [1.29, 1.82) is 0 Å². The molecule has 3 aromatic carbocycles. The summed E-state index contributed by atoms with van der Waals surface area (Å²) in [7, 11) is 1.60. The van der Waals surface area contributed by atoms with Crippen molar-refractivity contribution in [2.24, 2.45) is 0 Å². The molecule has 2 aliphatic heterocycles. The second kappa shape index (κ2) is 15.2. The Balaban J connectivity index is 0.00000433. The smallest absolute Gasteiger partial charge is 0.254 e. The number of amides is 1. The molecule has 0 saturated carbocycles. The van der Waals surface area contributed by atoms with Crippen LogP contribution in [-0.4, -0.2) is 64.4 Å². The normalized spacial score (nSPS) is 14.9. The Morgan fingerprint density at radius 1 is 0.957 bits per heavy atom. The fourth-order valence-electron chi connectivity index (χ4n) is 6.45. The third-order valence-electron chi connectivity index (χ3n) is 9.26. The van der Waals surface area contributed by atoms with Crippen LogP contribution in [0.25, 0.3) is 0 Å². The second-order valence-corrected chi connectivity index (χ2v) is 12.3. The molecule has 1 aromatic heterocycles. The number of oxazole rings is 1. The lowest BCUT2D eigenvalue weighted by molar-refractivity contribution is 0.0734. The molecule has 0 fully saturated rings. The van der Waals surface area contributed by atoms with Gasteiger partial charge in [0, 0.05) is 50.3 Å². The van der Waals surface area contributed by atoms with E-state index in [-0.39, 0.29) is 31.6 Å². The minimum Gasteiger partial charge on any atom is -0.497 e. The number of β-amino-alcohol motifs (C(OH)–C–C–N with tert-alkyl or cyclic N) is 1. The lowest BCUT2D eigenvalue weighted by atomic mass is 9.93. The third kappa shape index (κ3) is 7.89. The van der Waals surface area contributed by atoms with Crippen LogP contribution in [0.2, 0.25) is 0 Å². The van der Waals surface area contributed by atoms with Crippen molar-refractivity contribution in [3.63, 3.8) is 0 Å². The number of aliphatic hydroxyl groups is 1. The van der Waals surface area contributed by atoms with Gasteiger partial charge >= 0.3 is 0 Å². The van der Waals surface area contributed by atoms with Crippen molar-refractivity contribution in [2.45, 2.75) is 65.3 Å². The largest absolute Gasteiger partial charge is 0.497 e. The van der Waals surface area contributed by atoms with E-state index in [0.717, 1.165) is 53.4 Å². The predicted octanol–water partition coefficient (Wildman–Crippen LogP) is 5.57. The molecule has 0 radical (unpaired) electrons. The Labute approximate surface area is 283 Å². The number of carbonyl (C=O) groups is 2. The van der Waals surface area contributed by atoms with Crippen LogP contribution in [0.15, 0.2) is 65.4 Å². The lowest BCUT2D eigenvalue weighted by Gasteiger charge is -2.31. The van der Waals surface area contributed by atoms with E-state index in [1.54, 1.807) is 31.4 Å². The molecule has 1 atom stereocenters. The van der Waals surface area contributed by atoms with Gasteiger partial charge in [0.2, 0.25) is 0 Å². The third-order valence-corrected chi connectivity index (χ3v) is 9.26. The molecule has 0 unspecified atom stereocenters. The van der Waals surface area contributed by atoms with E-state index in [1.165, 1.54) is 17.5 Å². The molecular weight excluding hydrogens is 614 g/mol. The Hall–Kier alpha value is -4.12. The number of aromatic nitrogens is 1. The van der Waals surface area contributed by atoms with Gasteiger partial charge in [0.05, 0.1) is 18.9 Å². The van der Waals surface area contributed by atoms with Crippen LogP contribution in [0.3, 0.4) is 0 Å². The number of methoxy groups -OCH3 is 1. The van der Waals surface area contributed by atoms with Gasteiger partial charge in [-0.1, -0.05) is 18.2 Å². The van der Waals surface area contributed by atoms with E-state index >= 15 is 0 Å². The molecule has 1 N–H and O–H groups in total. The summed E-state index contributed by atoms with van der Waals surface area (Å²) in [6, 6.07) is 17.1. The zero-order valence-electron chi connectivity index (χ0n) is 27.3. The Kier molecular flexibility index (Phi) is 11.1. The first-order valence-electron chi connectivity index (χ1n) is 15.9. The van der Waals surface area contributed by atoms with Crippen LogP contribution < -0.4 is 9.47 Å². The maximum absolute atomic E-state index is 13.1. The number of hydrogen-bond acceptors (Lipinski definition) is 8. The lowest BCUT2D eigenvalue weighted by Crippen LogP contribution is -2.37. The minimum absolute atomic E-state index is 0.